The molecule has 3 nitrogen and oxygen atoms in total. The molecule has 0 saturated carbocycles. The summed E-state index contributed by atoms with van der Waals surface area (Å²) in [6, 6.07) is 7.71. The molecule has 3 heteroatoms. The van der Waals surface area contributed by atoms with Crippen LogP contribution in [0.3, 0.4) is 0 Å². The van der Waals surface area contributed by atoms with Crippen molar-refractivity contribution in [3.63, 3.8) is 0 Å². The maximum Gasteiger partial charge on any atom is 0.308 e. The Labute approximate surface area is 89.7 Å². The molecule has 1 heterocycles. The lowest BCUT2D eigenvalue weighted by Gasteiger charge is -2.20. The van der Waals surface area contributed by atoms with Gasteiger partial charge in [-0.2, -0.15) is 0 Å². The van der Waals surface area contributed by atoms with Crippen LogP contribution in [0.1, 0.15) is 19.8 Å². The highest BCUT2D eigenvalue weighted by Crippen LogP contribution is 2.30. The molecule has 0 atom stereocenters. The van der Waals surface area contributed by atoms with E-state index in [9.17, 15) is 4.79 Å². The number of hydrogen-bond donors (Lipinski definition) is 0. The van der Waals surface area contributed by atoms with Gasteiger partial charge in [0, 0.05) is 20.0 Å². The highest BCUT2D eigenvalue weighted by atomic mass is 16.5. The third kappa shape index (κ3) is 2.29. The average molecular weight is 205 g/mol. The Bertz CT molecular complexity index is 356. The Morgan fingerprint density at radius 2 is 1.93 bits per heavy atom. The Morgan fingerprint density at radius 1 is 1.27 bits per heavy atom. The van der Waals surface area contributed by atoms with E-state index >= 15 is 0 Å². The van der Waals surface area contributed by atoms with Crippen molar-refractivity contribution in [3.05, 3.63) is 24.3 Å². The molecule has 15 heavy (non-hydrogen) atoms. The van der Waals surface area contributed by atoms with E-state index in [1.54, 1.807) is 0 Å². The summed E-state index contributed by atoms with van der Waals surface area (Å²) in [6.07, 6.45) is 2.43. The van der Waals surface area contributed by atoms with E-state index in [-0.39, 0.29) is 5.97 Å². The first-order valence-electron chi connectivity index (χ1n) is 5.30. The summed E-state index contributed by atoms with van der Waals surface area (Å²) in [6.45, 7) is 3.54. The first kappa shape index (κ1) is 10.0. The van der Waals surface area contributed by atoms with Gasteiger partial charge in [-0.15, -0.1) is 0 Å². The second-order valence-corrected chi connectivity index (χ2v) is 3.76. The van der Waals surface area contributed by atoms with Crippen LogP contribution in [-0.4, -0.2) is 19.1 Å². The van der Waals surface area contributed by atoms with E-state index in [4.69, 9.17) is 4.74 Å². The monoisotopic (exact) mass is 205 g/mol. The number of carbonyl (C=O) groups is 1. The van der Waals surface area contributed by atoms with Crippen molar-refractivity contribution in [2.45, 2.75) is 19.8 Å². The molecule has 1 aromatic carbocycles. The predicted octanol–water partition coefficient (Wildman–Crippen LogP) is 2.21. The topological polar surface area (TPSA) is 29.5 Å². The number of benzene rings is 1. The van der Waals surface area contributed by atoms with Gasteiger partial charge in [-0.05, 0) is 25.0 Å². The smallest absolute Gasteiger partial charge is 0.308 e. The van der Waals surface area contributed by atoms with Crippen LogP contribution in [0.15, 0.2) is 24.3 Å². The van der Waals surface area contributed by atoms with E-state index in [0.29, 0.717) is 5.75 Å². The lowest BCUT2D eigenvalue weighted by Crippen LogP contribution is -2.19. The highest BCUT2D eigenvalue weighted by molar-refractivity contribution is 5.73. The van der Waals surface area contributed by atoms with E-state index in [1.807, 2.05) is 24.3 Å². The van der Waals surface area contributed by atoms with Gasteiger partial charge in [0.1, 0.15) is 0 Å². The summed E-state index contributed by atoms with van der Waals surface area (Å²) >= 11 is 0. The highest BCUT2D eigenvalue weighted by Gasteiger charge is 2.16. The Balaban J connectivity index is 2.24. The Morgan fingerprint density at radius 3 is 2.60 bits per heavy atom. The minimum absolute atomic E-state index is 0.262. The Hall–Kier alpha value is -1.51. The van der Waals surface area contributed by atoms with Crippen molar-refractivity contribution in [3.8, 4) is 5.75 Å². The number of anilines is 1. The molecule has 0 amide bonds. The van der Waals surface area contributed by atoms with Gasteiger partial charge in [-0.25, -0.2) is 0 Å². The first-order valence-corrected chi connectivity index (χ1v) is 5.30. The molecule has 1 saturated heterocycles. The van der Waals surface area contributed by atoms with Crippen LogP contribution in [-0.2, 0) is 4.79 Å². The van der Waals surface area contributed by atoms with Gasteiger partial charge in [0.2, 0.25) is 0 Å². The fraction of sp³-hybridized carbons (Fsp3) is 0.417. The lowest BCUT2D eigenvalue weighted by molar-refractivity contribution is -0.131. The van der Waals surface area contributed by atoms with E-state index < -0.39 is 0 Å². The van der Waals surface area contributed by atoms with Crippen LogP contribution in [0.5, 0.6) is 5.75 Å². The fourth-order valence-corrected chi connectivity index (χ4v) is 1.92. The van der Waals surface area contributed by atoms with Crippen molar-refractivity contribution in [2.75, 3.05) is 18.0 Å². The third-order valence-electron chi connectivity index (χ3n) is 2.57. The predicted molar refractivity (Wildman–Crippen MR) is 59.2 cm³/mol. The van der Waals surface area contributed by atoms with Gasteiger partial charge >= 0.3 is 5.97 Å². The van der Waals surface area contributed by atoms with Crippen LogP contribution >= 0.6 is 0 Å². The van der Waals surface area contributed by atoms with Crippen molar-refractivity contribution in [2.24, 2.45) is 0 Å². The minimum atomic E-state index is -0.262. The van der Waals surface area contributed by atoms with Crippen molar-refractivity contribution >= 4 is 11.7 Å². The molecule has 1 aliphatic rings. The largest absolute Gasteiger partial charge is 0.425 e. The van der Waals surface area contributed by atoms with Crippen molar-refractivity contribution < 1.29 is 9.53 Å². The Kier molecular flexibility index (Phi) is 2.90. The zero-order valence-electron chi connectivity index (χ0n) is 8.90. The SMILES string of the molecule is CC(=O)Oc1ccccc1N1CCCC1. The van der Waals surface area contributed by atoms with E-state index in [1.165, 1.54) is 19.8 Å². The van der Waals surface area contributed by atoms with Crippen LogP contribution < -0.4 is 9.64 Å². The molecule has 80 valence electrons. The molecule has 0 N–H and O–H groups in total. The lowest BCUT2D eigenvalue weighted by atomic mass is 10.2. The number of rotatable bonds is 2. The number of ether oxygens (including phenoxy) is 1. The van der Waals surface area contributed by atoms with Gasteiger partial charge in [0.25, 0.3) is 0 Å². The van der Waals surface area contributed by atoms with Gasteiger partial charge in [-0.3, -0.25) is 4.79 Å². The maximum absolute atomic E-state index is 10.9. The second kappa shape index (κ2) is 4.34. The summed E-state index contributed by atoms with van der Waals surface area (Å²) in [7, 11) is 0. The van der Waals surface area contributed by atoms with Gasteiger partial charge < -0.3 is 9.64 Å². The number of nitrogens with zero attached hydrogens (tertiary/aromatic N) is 1. The molecular weight excluding hydrogens is 190 g/mol. The standard InChI is InChI=1S/C12H15NO2/c1-10(14)15-12-7-3-2-6-11(12)13-8-4-5-9-13/h2-3,6-7H,4-5,8-9H2,1H3. The minimum Gasteiger partial charge on any atom is -0.425 e. The zero-order valence-corrected chi connectivity index (χ0v) is 8.90. The third-order valence-corrected chi connectivity index (χ3v) is 2.57. The molecule has 0 spiro atoms. The van der Waals surface area contributed by atoms with Crippen LogP contribution in [0.2, 0.25) is 0 Å². The molecule has 0 radical (unpaired) electrons. The summed E-state index contributed by atoms with van der Waals surface area (Å²) in [5.41, 5.74) is 1.03. The molecule has 0 unspecified atom stereocenters. The normalized spacial score (nSPS) is 15.4. The van der Waals surface area contributed by atoms with Crippen LogP contribution in [0.25, 0.3) is 0 Å². The number of carbonyl (C=O) groups excluding carboxylic acids is 1. The van der Waals surface area contributed by atoms with Crippen molar-refractivity contribution in [1.82, 2.24) is 0 Å². The second-order valence-electron chi connectivity index (χ2n) is 3.76. The molecule has 1 fully saturated rings. The van der Waals surface area contributed by atoms with E-state index in [0.717, 1.165) is 18.8 Å². The van der Waals surface area contributed by atoms with Crippen LogP contribution in [0, 0.1) is 0 Å². The molecule has 0 bridgehead atoms. The van der Waals surface area contributed by atoms with Gasteiger partial charge in [-0.1, -0.05) is 12.1 Å². The maximum atomic E-state index is 10.9. The summed E-state index contributed by atoms with van der Waals surface area (Å²) in [5.74, 6) is 0.411. The molecule has 2 rings (SSSR count). The molecular formula is C12H15NO2. The summed E-state index contributed by atoms with van der Waals surface area (Å²) in [4.78, 5) is 13.2. The molecule has 1 aliphatic heterocycles. The number of para-hydroxylation sites is 2. The quantitative estimate of drug-likeness (QED) is 0.547. The first-order chi connectivity index (χ1) is 7.27. The zero-order chi connectivity index (χ0) is 10.7. The van der Waals surface area contributed by atoms with Gasteiger partial charge in [0.15, 0.2) is 5.75 Å². The van der Waals surface area contributed by atoms with Crippen LogP contribution in [0.4, 0.5) is 5.69 Å². The molecule has 1 aromatic rings. The summed E-state index contributed by atoms with van der Waals surface area (Å²) in [5, 5.41) is 0. The van der Waals surface area contributed by atoms with E-state index in [2.05, 4.69) is 4.90 Å². The number of esters is 1. The number of hydrogen-bond acceptors (Lipinski definition) is 3. The fourth-order valence-electron chi connectivity index (χ4n) is 1.92. The molecule has 0 aromatic heterocycles. The van der Waals surface area contributed by atoms with Gasteiger partial charge in [0.05, 0.1) is 5.69 Å². The average Bonchev–Trinajstić information content (AvgIpc) is 2.70. The van der Waals surface area contributed by atoms with Crippen molar-refractivity contribution in [1.29, 1.82) is 0 Å². The molecule has 0 aliphatic carbocycles. The summed E-state index contributed by atoms with van der Waals surface area (Å²) < 4.78 is 5.18.